The van der Waals surface area contributed by atoms with E-state index in [0.717, 1.165) is 12.2 Å². The van der Waals surface area contributed by atoms with Gasteiger partial charge in [0, 0.05) is 6.54 Å². The lowest BCUT2D eigenvalue weighted by atomic mass is 10.1. The number of nitrogens with zero attached hydrogens (tertiary/aromatic N) is 1. The van der Waals surface area contributed by atoms with Gasteiger partial charge in [-0.15, -0.1) is 0 Å². The van der Waals surface area contributed by atoms with Crippen molar-refractivity contribution in [2.45, 2.75) is 13.5 Å². The predicted molar refractivity (Wildman–Crippen MR) is 62.7 cm³/mol. The first-order valence-corrected chi connectivity index (χ1v) is 5.15. The SMILES string of the molecule is Cc1ccccc1CNc1ccc(F)nc1. The fourth-order valence-electron chi connectivity index (χ4n) is 1.49. The third kappa shape index (κ3) is 2.57. The maximum Gasteiger partial charge on any atom is 0.212 e. The number of rotatable bonds is 3. The van der Waals surface area contributed by atoms with E-state index in [1.807, 2.05) is 12.1 Å². The molecule has 1 aromatic carbocycles. The first-order chi connectivity index (χ1) is 7.75. The van der Waals surface area contributed by atoms with Gasteiger partial charge in [0.15, 0.2) is 0 Å². The molecule has 0 radical (unpaired) electrons. The maximum atomic E-state index is 12.6. The van der Waals surface area contributed by atoms with Crippen molar-refractivity contribution in [1.82, 2.24) is 4.98 Å². The van der Waals surface area contributed by atoms with Crippen molar-refractivity contribution in [3.63, 3.8) is 0 Å². The number of nitrogens with one attached hydrogen (secondary N) is 1. The molecule has 0 amide bonds. The Bertz CT molecular complexity index is 466. The van der Waals surface area contributed by atoms with Gasteiger partial charge in [0.25, 0.3) is 0 Å². The summed E-state index contributed by atoms with van der Waals surface area (Å²) < 4.78 is 12.6. The first-order valence-electron chi connectivity index (χ1n) is 5.15. The fourth-order valence-corrected chi connectivity index (χ4v) is 1.49. The van der Waals surface area contributed by atoms with Crippen molar-refractivity contribution in [3.8, 4) is 0 Å². The molecule has 0 saturated heterocycles. The van der Waals surface area contributed by atoms with E-state index in [0.29, 0.717) is 0 Å². The Morgan fingerprint density at radius 3 is 2.69 bits per heavy atom. The van der Waals surface area contributed by atoms with Gasteiger partial charge >= 0.3 is 0 Å². The van der Waals surface area contributed by atoms with E-state index >= 15 is 0 Å². The molecule has 1 aromatic heterocycles. The molecule has 0 spiro atoms. The highest BCUT2D eigenvalue weighted by atomic mass is 19.1. The van der Waals surface area contributed by atoms with Gasteiger partial charge in [0.05, 0.1) is 11.9 Å². The van der Waals surface area contributed by atoms with Crippen LogP contribution < -0.4 is 5.32 Å². The molecule has 2 nitrogen and oxygen atoms in total. The Hall–Kier alpha value is -1.90. The van der Waals surface area contributed by atoms with E-state index in [4.69, 9.17) is 0 Å². The number of aryl methyl sites for hydroxylation is 1. The van der Waals surface area contributed by atoms with Crippen molar-refractivity contribution in [2.24, 2.45) is 0 Å². The summed E-state index contributed by atoms with van der Waals surface area (Å²) in [5.74, 6) is -0.457. The molecule has 1 heterocycles. The normalized spacial score (nSPS) is 10.1. The van der Waals surface area contributed by atoms with Crippen LogP contribution >= 0.6 is 0 Å². The maximum absolute atomic E-state index is 12.6. The van der Waals surface area contributed by atoms with Crippen LogP contribution in [0.2, 0.25) is 0 Å². The molecule has 3 heteroatoms. The molecule has 82 valence electrons. The molecule has 0 fully saturated rings. The Morgan fingerprint density at radius 2 is 2.00 bits per heavy atom. The lowest BCUT2D eigenvalue weighted by Gasteiger charge is -2.08. The van der Waals surface area contributed by atoms with Crippen molar-refractivity contribution in [1.29, 1.82) is 0 Å². The number of halogens is 1. The Balaban J connectivity index is 2.02. The topological polar surface area (TPSA) is 24.9 Å². The second-order valence-corrected chi connectivity index (χ2v) is 3.65. The minimum Gasteiger partial charge on any atom is -0.380 e. The minimum atomic E-state index is -0.457. The average molecular weight is 216 g/mol. The van der Waals surface area contributed by atoms with Gasteiger partial charge in [-0.1, -0.05) is 24.3 Å². The van der Waals surface area contributed by atoms with Crippen molar-refractivity contribution in [2.75, 3.05) is 5.32 Å². The summed E-state index contributed by atoms with van der Waals surface area (Å²) in [6.45, 7) is 2.79. The first kappa shape index (κ1) is 10.6. The molecule has 0 saturated carbocycles. The van der Waals surface area contributed by atoms with E-state index in [2.05, 4.69) is 29.4 Å². The molecule has 0 unspecified atom stereocenters. The number of pyridine rings is 1. The largest absolute Gasteiger partial charge is 0.380 e. The van der Waals surface area contributed by atoms with Crippen LogP contribution in [0.5, 0.6) is 0 Å². The quantitative estimate of drug-likeness (QED) is 0.797. The fraction of sp³-hybridized carbons (Fsp3) is 0.154. The minimum absolute atomic E-state index is 0.457. The third-order valence-corrected chi connectivity index (χ3v) is 2.47. The van der Waals surface area contributed by atoms with E-state index < -0.39 is 5.95 Å². The summed E-state index contributed by atoms with van der Waals surface area (Å²) in [5, 5.41) is 3.20. The van der Waals surface area contributed by atoms with Crippen LogP contribution in [0, 0.1) is 12.9 Å². The van der Waals surface area contributed by atoms with Crippen LogP contribution in [0.3, 0.4) is 0 Å². The second kappa shape index (κ2) is 4.75. The molecular weight excluding hydrogens is 203 g/mol. The highest BCUT2D eigenvalue weighted by molar-refractivity contribution is 5.41. The van der Waals surface area contributed by atoms with Gasteiger partial charge in [-0.3, -0.25) is 0 Å². The monoisotopic (exact) mass is 216 g/mol. The third-order valence-electron chi connectivity index (χ3n) is 2.47. The van der Waals surface area contributed by atoms with Gasteiger partial charge in [0.1, 0.15) is 0 Å². The molecule has 2 rings (SSSR count). The zero-order valence-electron chi connectivity index (χ0n) is 9.07. The van der Waals surface area contributed by atoms with Crippen molar-refractivity contribution in [3.05, 3.63) is 59.7 Å². The molecule has 0 aliphatic heterocycles. The number of benzene rings is 1. The van der Waals surface area contributed by atoms with Crippen LogP contribution in [0.25, 0.3) is 0 Å². The van der Waals surface area contributed by atoms with E-state index in [9.17, 15) is 4.39 Å². The lowest BCUT2D eigenvalue weighted by Crippen LogP contribution is -2.01. The summed E-state index contributed by atoms with van der Waals surface area (Å²) in [5.41, 5.74) is 3.29. The molecular formula is C13H13FN2. The average Bonchev–Trinajstić information content (AvgIpc) is 2.30. The Labute approximate surface area is 94.2 Å². The Morgan fingerprint density at radius 1 is 1.19 bits per heavy atom. The summed E-state index contributed by atoms with van der Waals surface area (Å²) in [6.07, 6.45) is 1.49. The van der Waals surface area contributed by atoms with Crippen LogP contribution in [-0.4, -0.2) is 4.98 Å². The number of anilines is 1. The molecule has 2 aromatic rings. The van der Waals surface area contributed by atoms with Gasteiger partial charge in [-0.05, 0) is 30.2 Å². The zero-order chi connectivity index (χ0) is 11.4. The van der Waals surface area contributed by atoms with Crippen LogP contribution in [0.1, 0.15) is 11.1 Å². The predicted octanol–water partition coefficient (Wildman–Crippen LogP) is 3.14. The number of hydrogen-bond donors (Lipinski definition) is 1. The van der Waals surface area contributed by atoms with E-state index in [1.54, 1.807) is 6.07 Å². The summed E-state index contributed by atoms with van der Waals surface area (Å²) >= 11 is 0. The molecule has 0 atom stereocenters. The standard InChI is InChI=1S/C13H13FN2/c1-10-4-2-3-5-11(10)8-15-12-6-7-13(14)16-9-12/h2-7,9,15H,8H2,1H3. The van der Waals surface area contributed by atoms with Gasteiger partial charge in [0.2, 0.25) is 5.95 Å². The van der Waals surface area contributed by atoms with Crippen molar-refractivity contribution >= 4 is 5.69 Å². The Kier molecular flexibility index (Phi) is 3.15. The van der Waals surface area contributed by atoms with Crippen LogP contribution in [-0.2, 0) is 6.54 Å². The molecule has 16 heavy (non-hydrogen) atoms. The molecule has 0 aliphatic carbocycles. The number of aromatic nitrogens is 1. The molecule has 0 aliphatic rings. The highest BCUT2D eigenvalue weighted by Gasteiger charge is 1.97. The molecule has 1 N–H and O–H groups in total. The summed E-state index contributed by atoms with van der Waals surface area (Å²) in [4.78, 5) is 3.58. The van der Waals surface area contributed by atoms with E-state index in [-0.39, 0.29) is 0 Å². The molecule has 0 bridgehead atoms. The zero-order valence-corrected chi connectivity index (χ0v) is 9.07. The lowest BCUT2D eigenvalue weighted by molar-refractivity contribution is 0.584. The van der Waals surface area contributed by atoms with Gasteiger partial charge in [-0.2, -0.15) is 4.39 Å². The second-order valence-electron chi connectivity index (χ2n) is 3.65. The van der Waals surface area contributed by atoms with E-state index in [1.165, 1.54) is 23.4 Å². The highest BCUT2D eigenvalue weighted by Crippen LogP contribution is 2.11. The smallest absolute Gasteiger partial charge is 0.212 e. The summed E-state index contributed by atoms with van der Waals surface area (Å²) in [6, 6.07) is 11.2. The number of hydrogen-bond acceptors (Lipinski definition) is 2. The van der Waals surface area contributed by atoms with Crippen molar-refractivity contribution < 1.29 is 4.39 Å². The van der Waals surface area contributed by atoms with Crippen LogP contribution in [0.15, 0.2) is 42.6 Å². The summed E-state index contributed by atoms with van der Waals surface area (Å²) in [7, 11) is 0. The van der Waals surface area contributed by atoms with Crippen LogP contribution in [0.4, 0.5) is 10.1 Å². The van der Waals surface area contributed by atoms with Gasteiger partial charge in [-0.25, -0.2) is 4.98 Å². The van der Waals surface area contributed by atoms with Gasteiger partial charge < -0.3 is 5.32 Å².